The fraction of sp³-hybridized carbons (Fsp3) is 0.740. The van der Waals surface area contributed by atoms with Crippen LogP contribution in [-0.2, 0) is 32.6 Å². The third kappa shape index (κ3) is 16.6. The third-order valence-corrected chi connectivity index (χ3v) is 21.5. The van der Waals surface area contributed by atoms with E-state index in [-0.39, 0.29) is 39.8 Å². The Kier molecular flexibility index (Phi) is 21.2. The molecule has 5 unspecified atom stereocenters. The molecule has 0 saturated heterocycles. The fourth-order valence-electron chi connectivity index (χ4n) is 6.43. The van der Waals surface area contributed by atoms with Gasteiger partial charge in [-0.25, -0.2) is 0 Å². The number of terminal acetylenes is 1. The highest BCUT2D eigenvalue weighted by molar-refractivity contribution is 6.74. The number of ketones is 1. The van der Waals surface area contributed by atoms with Crippen LogP contribution in [0, 0.1) is 35.0 Å². The van der Waals surface area contributed by atoms with Gasteiger partial charge in [0.1, 0.15) is 11.2 Å². The lowest BCUT2D eigenvalue weighted by Crippen LogP contribution is -2.52. The highest BCUT2D eigenvalue weighted by Gasteiger charge is 2.50. The number of allylic oxidation sites excluding steroid dienone is 1. The zero-order chi connectivity index (χ0) is 47.6. The molecule has 0 radical (unpaired) electrons. The van der Waals surface area contributed by atoms with Gasteiger partial charge < -0.3 is 32.9 Å². The van der Waals surface area contributed by atoms with Gasteiger partial charge in [0.05, 0.1) is 12.2 Å². The second-order valence-corrected chi connectivity index (χ2v) is 30.6. The van der Waals surface area contributed by atoms with Crippen molar-refractivity contribution in [3.05, 3.63) is 48.6 Å². The van der Waals surface area contributed by atoms with Crippen molar-refractivity contribution in [3.63, 3.8) is 0 Å². The molecule has 0 heterocycles. The van der Waals surface area contributed by atoms with Gasteiger partial charge in [0, 0.05) is 24.0 Å². The second-order valence-electron chi connectivity index (χ2n) is 21.0. The first-order valence-electron chi connectivity index (χ1n) is 21.8. The van der Waals surface area contributed by atoms with Gasteiger partial charge in [0.2, 0.25) is 0 Å². The van der Waals surface area contributed by atoms with Crippen molar-refractivity contribution in [2.24, 2.45) is 10.8 Å². The number of ether oxygens (including phenoxy) is 4. The summed E-state index contributed by atoms with van der Waals surface area (Å²) in [4.78, 5) is 12.0. The van der Waals surface area contributed by atoms with Gasteiger partial charge in [-0.05, 0) is 128 Å². The molecule has 0 aliphatic heterocycles. The minimum Gasteiger partial charge on any atom is -0.411 e. The molecule has 2 aliphatic rings. The van der Waals surface area contributed by atoms with Gasteiger partial charge in [-0.3, -0.25) is 4.79 Å². The molecule has 0 fully saturated rings. The summed E-state index contributed by atoms with van der Waals surface area (Å²) in [6, 6.07) is 0. The van der Waals surface area contributed by atoms with Crippen LogP contribution >= 0.6 is 0 Å². The SMILES string of the molecule is C#CC(C)(C=C)OC(C)OCC.C=CC(C)(C#CC1(O)C(C)=C[C@@H](O[Si](C)(C)C(C)(C)C)CC1(C)C)OC(C)OCC.CC1=C[C@@H](O[Si](C)(C)C(C)(C)C)CC(C)(C)C1=O. The van der Waals surface area contributed by atoms with E-state index in [9.17, 15) is 9.90 Å². The molecule has 0 bridgehead atoms. The molecule has 0 amide bonds. The number of Topliss-reactive ketones (excluding diaryl/α,β-unsaturated/α-hetero) is 1. The smallest absolute Gasteiger partial charge is 0.192 e. The first-order chi connectivity index (χ1) is 26.9. The van der Waals surface area contributed by atoms with E-state index >= 15 is 0 Å². The summed E-state index contributed by atoms with van der Waals surface area (Å²) < 4.78 is 35.0. The molecule has 0 spiro atoms. The minimum atomic E-state index is -1.92. The number of carbonyl (C=O) groups excluding carboxylic acids is 1. The first-order valence-corrected chi connectivity index (χ1v) is 27.6. The molecule has 60 heavy (non-hydrogen) atoms. The van der Waals surface area contributed by atoms with Crippen LogP contribution in [0.25, 0.3) is 0 Å². The molecule has 1 N–H and O–H groups in total. The summed E-state index contributed by atoms with van der Waals surface area (Å²) in [6.45, 7) is 54.2. The second kappa shape index (κ2) is 22.0. The quantitative estimate of drug-likeness (QED) is 0.0798. The molecule has 10 heteroatoms. The van der Waals surface area contributed by atoms with Crippen LogP contribution in [0.4, 0.5) is 0 Å². The normalized spacial score (nSPS) is 24.7. The van der Waals surface area contributed by atoms with Gasteiger partial charge in [-0.2, -0.15) is 0 Å². The number of hydrogen-bond donors (Lipinski definition) is 1. The lowest BCUT2D eigenvalue weighted by atomic mass is 9.64. The maximum absolute atomic E-state index is 12.0. The Bertz CT molecular complexity index is 1610. The minimum absolute atomic E-state index is 0.0250. The lowest BCUT2D eigenvalue weighted by Gasteiger charge is -2.48. The van der Waals surface area contributed by atoms with Crippen LogP contribution in [0.2, 0.25) is 36.3 Å². The molecule has 8 nitrogen and oxygen atoms in total. The van der Waals surface area contributed by atoms with E-state index in [1.807, 2.05) is 68.4 Å². The topological polar surface area (TPSA) is 92.7 Å². The zero-order valence-electron chi connectivity index (χ0n) is 42.2. The summed E-state index contributed by atoms with van der Waals surface area (Å²) in [5.41, 5.74) is -2.02. The Balaban J connectivity index is 0.000000978. The molecule has 0 aromatic heterocycles. The van der Waals surface area contributed by atoms with Gasteiger partial charge in [0.15, 0.2) is 40.6 Å². The summed E-state index contributed by atoms with van der Waals surface area (Å²) >= 11 is 0. The molecular formula is C50H88O8Si2. The van der Waals surface area contributed by atoms with Crippen LogP contribution in [0.3, 0.4) is 0 Å². The van der Waals surface area contributed by atoms with Gasteiger partial charge in [-0.1, -0.05) is 112 Å². The Hall–Kier alpha value is -2.10. The Morgan fingerprint density at radius 2 is 1.20 bits per heavy atom. The van der Waals surface area contributed by atoms with Crippen LogP contribution in [-0.4, -0.2) is 82.3 Å². The van der Waals surface area contributed by atoms with E-state index < -0.39 is 45.1 Å². The van der Waals surface area contributed by atoms with Crippen molar-refractivity contribution in [1.29, 1.82) is 0 Å². The van der Waals surface area contributed by atoms with Gasteiger partial charge in [0.25, 0.3) is 0 Å². The third-order valence-electron chi connectivity index (χ3n) is 12.5. The largest absolute Gasteiger partial charge is 0.411 e. The van der Waals surface area contributed by atoms with Crippen LogP contribution in [0.1, 0.15) is 137 Å². The molecule has 2 aliphatic carbocycles. The van der Waals surface area contributed by atoms with Crippen molar-refractivity contribution < 1.29 is 37.7 Å². The molecule has 0 aromatic carbocycles. The predicted octanol–water partition coefficient (Wildman–Crippen LogP) is 12.1. The summed E-state index contributed by atoms with van der Waals surface area (Å²) in [5.74, 6) is 9.02. The number of hydrogen-bond acceptors (Lipinski definition) is 8. The standard InChI is InChI=1S/C25H44O4Si.C15H28O2Si.C10H16O2/c1-13-24(10,28-20(4)27-14-2)15-16-25(26)19(3)17-21(18-23(25,8)9)29-30(11,12)22(5,6)7;1-11-9-12(10-15(5,6)13(11)16)17-18(7,8)14(2,3)4;1-6-10(5,7-2)12-9(4)11-8-3/h13,17,20-21,26H,1,14,18H2,2-12H3;9,12H,10H2,1-8H3;1,7,9H,2,8H2,3-5H3/t20?,21-,24?,25?;12-;/m11./s1. The molecule has 0 saturated carbocycles. The predicted molar refractivity (Wildman–Crippen MR) is 257 cm³/mol. The van der Waals surface area contributed by atoms with E-state index in [1.165, 1.54) is 0 Å². The fourth-order valence-corrected chi connectivity index (χ4v) is 8.95. The van der Waals surface area contributed by atoms with E-state index in [4.69, 9.17) is 34.2 Å². The summed E-state index contributed by atoms with van der Waals surface area (Å²) in [7, 11) is -3.68. The maximum atomic E-state index is 12.0. The lowest BCUT2D eigenvalue weighted by molar-refractivity contribution is -0.161. The molecular weight excluding hydrogens is 785 g/mol. The van der Waals surface area contributed by atoms with E-state index in [2.05, 4.69) is 119 Å². The Labute approximate surface area is 371 Å². The van der Waals surface area contributed by atoms with E-state index in [0.717, 1.165) is 17.6 Å². The Morgan fingerprint density at radius 1 is 0.800 bits per heavy atom. The number of rotatable bonds is 14. The molecule has 344 valence electrons. The maximum Gasteiger partial charge on any atom is 0.192 e. The monoisotopic (exact) mass is 873 g/mol. The van der Waals surface area contributed by atoms with Gasteiger partial charge in [-0.15, -0.1) is 6.42 Å². The first kappa shape index (κ1) is 57.9. The summed E-state index contributed by atoms with van der Waals surface area (Å²) in [5, 5.41) is 12.0. The molecule has 2 rings (SSSR count). The number of carbonyl (C=O) groups is 1. The van der Waals surface area contributed by atoms with Gasteiger partial charge >= 0.3 is 0 Å². The van der Waals surface area contributed by atoms with Crippen molar-refractivity contribution in [2.75, 3.05) is 13.2 Å². The van der Waals surface area contributed by atoms with Crippen molar-refractivity contribution in [3.8, 4) is 24.2 Å². The highest BCUT2D eigenvalue weighted by atomic mass is 28.4. The van der Waals surface area contributed by atoms with Crippen LogP contribution < -0.4 is 0 Å². The average molecular weight is 873 g/mol. The highest BCUT2D eigenvalue weighted by Crippen LogP contribution is 2.47. The van der Waals surface area contributed by atoms with Crippen LogP contribution in [0.15, 0.2) is 48.6 Å². The average Bonchev–Trinajstić information content (AvgIpc) is 3.08. The van der Waals surface area contributed by atoms with E-state index in [1.54, 1.807) is 19.1 Å². The van der Waals surface area contributed by atoms with Crippen molar-refractivity contribution in [1.82, 2.24) is 0 Å². The van der Waals surface area contributed by atoms with Crippen molar-refractivity contribution >= 4 is 22.4 Å². The molecule has 0 aromatic rings. The summed E-state index contributed by atoms with van der Waals surface area (Å²) in [6.07, 6.45) is 13.4. The van der Waals surface area contributed by atoms with Crippen molar-refractivity contribution in [2.45, 2.75) is 215 Å². The zero-order valence-corrected chi connectivity index (χ0v) is 44.2. The number of aliphatic hydroxyl groups is 1. The van der Waals surface area contributed by atoms with Crippen LogP contribution in [0.5, 0.6) is 0 Å². The Morgan fingerprint density at radius 3 is 1.53 bits per heavy atom. The molecule has 7 atom stereocenters. The van der Waals surface area contributed by atoms with E-state index in [0.29, 0.717) is 19.6 Å².